The van der Waals surface area contributed by atoms with Crippen molar-refractivity contribution in [2.24, 2.45) is 0 Å². The third kappa shape index (κ3) is 2.78. The molecule has 0 radical (unpaired) electrons. The Kier molecular flexibility index (Phi) is 3.67. The van der Waals surface area contributed by atoms with E-state index in [1.807, 2.05) is 12.1 Å². The molecular formula is C19H21N4+. The number of piperazine rings is 1. The standard InChI is InChI=1S/C19H20N4/c1-22-11-13-23(14-12-22)19-20-17-10-6-5-9-16(17)18(21-19)15-7-3-2-4-8-15/h2-10H,11-14H2,1H3/p+1. The van der Waals surface area contributed by atoms with Gasteiger partial charge in [0, 0.05) is 10.9 Å². The Hall–Kier alpha value is -2.46. The first kappa shape index (κ1) is 14.2. The molecule has 1 N–H and O–H groups in total. The monoisotopic (exact) mass is 305 g/mol. The van der Waals surface area contributed by atoms with Gasteiger partial charge in [-0.05, 0) is 6.07 Å². The van der Waals surface area contributed by atoms with E-state index >= 15 is 0 Å². The molecule has 1 saturated heterocycles. The maximum absolute atomic E-state index is 4.93. The normalized spacial score (nSPS) is 16.0. The second-order valence-electron chi connectivity index (χ2n) is 6.20. The van der Waals surface area contributed by atoms with Crippen LogP contribution in [0.2, 0.25) is 0 Å². The van der Waals surface area contributed by atoms with Crippen LogP contribution in [0.4, 0.5) is 5.95 Å². The van der Waals surface area contributed by atoms with Gasteiger partial charge in [0.2, 0.25) is 5.95 Å². The Balaban J connectivity index is 1.84. The molecule has 1 aliphatic rings. The number of fused-ring (bicyclic) bond motifs is 1. The Morgan fingerprint density at radius 2 is 1.57 bits per heavy atom. The van der Waals surface area contributed by atoms with Crippen LogP contribution >= 0.6 is 0 Å². The fourth-order valence-corrected chi connectivity index (χ4v) is 3.11. The number of nitrogens with zero attached hydrogens (tertiary/aromatic N) is 3. The Morgan fingerprint density at radius 3 is 2.35 bits per heavy atom. The highest BCUT2D eigenvalue weighted by Crippen LogP contribution is 2.28. The number of anilines is 1. The predicted octanol–water partition coefficient (Wildman–Crippen LogP) is 1.63. The van der Waals surface area contributed by atoms with Crippen molar-refractivity contribution in [3.8, 4) is 11.3 Å². The zero-order valence-electron chi connectivity index (χ0n) is 13.4. The summed E-state index contributed by atoms with van der Waals surface area (Å²) in [5, 5.41) is 1.11. The molecule has 0 spiro atoms. The van der Waals surface area contributed by atoms with Crippen molar-refractivity contribution >= 4 is 16.9 Å². The molecule has 23 heavy (non-hydrogen) atoms. The van der Waals surface area contributed by atoms with E-state index in [1.54, 1.807) is 4.90 Å². The molecule has 1 fully saturated rings. The number of aromatic nitrogens is 2. The molecule has 4 nitrogen and oxygen atoms in total. The number of para-hydroxylation sites is 1. The van der Waals surface area contributed by atoms with Crippen LogP contribution in [0.25, 0.3) is 22.2 Å². The summed E-state index contributed by atoms with van der Waals surface area (Å²) >= 11 is 0. The number of likely N-dealkylation sites (N-methyl/N-ethyl adjacent to an activating group) is 1. The summed E-state index contributed by atoms with van der Waals surface area (Å²) in [6, 6.07) is 18.7. The maximum atomic E-state index is 4.93. The van der Waals surface area contributed by atoms with Gasteiger partial charge in [-0.3, -0.25) is 0 Å². The highest BCUT2D eigenvalue weighted by atomic mass is 15.3. The van der Waals surface area contributed by atoms with Crippen LogP contribution < -0.4 is 9.80 Å². The van der Waals surface area contributed by atoms with E-state index in [1.165, 1.54) is 0 Å². The summed E-state index contributed by atoms with van der Waals surface area (Å²) in [7, 11) is 2.24. The van der Waals surface area contributed by atoms with Gasteiger partial charge in [-0.1, -0.05) is 48.5 Å². The van der Waals surface area contributed by atoms with Gasteiger partial charge in [-0.15, -0.1) is 0 Å². The third-order valence-corrected chi connectivity index (χ3v) is 4.54. The zero-order chi connectivity index (χ0) is 15.6. The molecule has 2 heterocycles. The largest absolute Gasteiger partial charge is 0.334 e. The zero-order valence-corrected chi connectivity index (χ0v) is 13.4. The molecule has 2 aromatic carbocycles. The van der Waals surface area contributed by atoms with E-state index in [9.17, 15) is 0 Å². The third-order valence-electron chi connectivity index (χ3n) is 4.54. The predicted molar refractivity (Wildman–Crippen MR) is 93.8 cm³/mol. The summed E-state index contributed by atoms with van der Waals surface area (Å²) in [4.78, 5) is 13.6. The Labute approximate surface area is 136 Å². The van der Waals surface area contributed by atoms with Gasteiger partial charge in [-0.2, -0.15) is 0 Å². The number of benzene rings is 2. The quantitative estimate of drug-likeness (QED) is 0.781. The van der Waals surface area contributed by atoms with Crippen LogP contribution in [0.5, 0.6) is 0 Å². The first-order valence-electron chi connectivity index (χ1n) is 8.20. The van der Waals surface area contributed by atoms with Gasteiger partial charge in [-0.25, -0.2) is 9.97 Å². The molecule has 0 unspecified atom stereocenters. The number of rotatable bonds is 2. The summed E-state index contributed by atoms with van der Waals surface area (Å²) < 4.78 is 0. The van der Waals surface area contributed by atoms with Crippen LogP contribution in [-0.2, 0) is 0 Å². The summed E-state index contributed by atoms with van der Waals surface area (Å²) in [5.41, 5.74) is 3.19. The molecule has 1 aromatic heterocycles. The summed E-state index contributed by atoms with van der Waals surface area (Å²) in [5.74, 6) is 0.857. The van der Waals surface area contributed by atoms with E-state index in [2.05, 4.69) is 54.4 Å². The van der Waals surface area contributed by atoms with Crippen LogP contribution in [0.1, 0.15) is 0 Å². The Morgan fingerprint density at radius 1 is 0.870 bits per heavy atom. The second kappa shape index (κ2) is 5.97. The van der Waals surface area contributed by atoms with Crippen molar-refractivity contribution in [3.63, 3.8) is 0 Å². The number of quaternary nitrogens is 1. The molecule has 0 atom stereocenters. The average Bonchev–Trinajstić information content (AvgIpc) is 2.62. The van der Waals surface area contributed by atoms with Crippen LogP contribution in [0.3, 0.4) is 0 Å². The molecule has 116 valence electrons. The summed E-state index contributed by atoms with van der Waals surface area (Å²) in [6.45, 7) is 4.30. The molecule has 0 saturated carbocycles. The van der Waals surface area contributed by atoms with Crippen molar-refractivity contribution in [3.05, 3.63) is 54.6 Å². The highest BCUT2D eigenvalue weighted by molar-refractivity contribution is 5.93. The SMILES string of the molecule is C[NH+]1CCN(c2nc(-c3ccccc3)c3ccccc3n2)CC1. The van der Waals surface area contributed by atoms with Crippen LogP contribution in [0.15, 0.2) is 54.6 Å². The number of hydrogen-bond acceptors (Lipinski definition) is 3. The fourth-order valence-electron chi connectivity index (χ4n) is 3.11. The molecule has 4 heteroatoms. The van der Waals surface area contributed by atoms with E-state index in [4.69, 9.17) is 9.97 Å². The lowest BCUT2D eigenvalue weighted by Gasteiger charge is -2.30. The topological polar surface area (TPSA) is 33.5 Å². The molecule has 0 bridgehead atoms. The minimum Gasteiger partial charge on any atom is -0.334 e. The maximum Gasteiger partial charge on any atom is 0.226 e. The van der Waals surface area contributed by atoms with Crippen molar-refractivity contribution in [2.75, 3.05) is 38.1 Å². The van der Waals surface area contributed by atoms with Crippen LogP contribution in [0, 0.1) is 0 Å². The average molecular weight is 305 g/mol. The van der Waals surface area contributed by atoms with Crippen molar-refractivity contribution < 1.29 is 4.90 Å². The lowest BCUT2D eigenvalue weighted by Crippen LogP contribution is -3.12. The first-order chi connectivity index (χ1) is 11.3. The molecule has 0 amide bonds. The van der Waals surface area contributed by atoms with E-state index in [0.717, 1.165) is 54.3 Å². The van der Waals surface area contributed by atoms with E-state index in [0.29, 0.717) is 0 Å². The van der Waals surface area contributed by atoms with E-state index < -0.39 is 0 Å². The van der Waals surface area contributed by atoms with Crippen molar-refractivity contribution in [1.29, 1.82) is 0 Å². The first-order valence-corrected chi connectivity index (χ1v) is 8.20. The van der Waals surface area contributed by atoms with Gasteiger partial charge in [0.25, 0.3) is 0 Å². The number of hydrogen-bond donors (Lipinski definition) is 1. The van der Waals surface area contributed by atoms with Gasteiger partial charge < -0.3 is 9.80 Å². The summed E-state index contributed by atoms with van der Waals surface area (Å²) in [6.07, 6.45) is 0. The minimum atomic E-state index is 0.857. The smallest absolute Gasteiger partial charge is 0.226 e. The molecule has 0 aliphatic carbocycles. The molecule has 4 rings (SSSR count). The van der Waals surface area contributed by atoms with Gasteiger partial charge >= 0.3 is 0 Å². The minimum absolute atomic E-state index is 0.857. The lowest BCUT2D eigenvalue weighted by molar-refractivity contribution is -0.880. The Bertz CT molecular complexity index is 808. The van der Waals surface area contributed by atoms with Crippen molar-refractivity contribution in [2.45, 2.75) is 0 Å². The fraction of sp³-hybridized carbons (Fsp3) is 0.263. The van der Waals surface area contributed by atoms with E-state index in [-0.39, 0.29) is 0 Å². The second-order valence-corrected chi connectivity index (χ2v) is 6.20. The highest BCUT2D eigenvalue weighted by Gasteiger charge is 2.20. The van der Waals surface area contributed by atoms with Crippen molar-refractivity contribution in [1.82, 2.24) is 9.97 Å². The molecule has 1 aliphatic heterocycles. The molecule has 3 aromatic rings. The van der Waals surface area contributed by atoms with Gasteiger partial charge in [0.05, 0.1) is 44.4 Å². The number of nitrogens with one attached hydrogen (secondary N) is 1. The van der Waals surface area contributed by atoms with Gasteiger partial charge in [0.1, 0.15) is 0 Å². The van der Waals surface area contributed by atoms with Crippen LogP contribution in [-0.4, -0.2) is 43.2 Å². The molecular weight excluding hydrogens is 284 g/mol. The lowest BCUT2D eigenvalue weighted by atomic mass is 10.1. The van der Waals surface area contributed by atoms with Gasteiger partial charge in [0.15, 0.2) is 0 Å².